The van der Waals surface area contributed by atoms with Crippen LogP contribution >= 0.6 is 0 Å². The molecule has 25 heavy (non-hydrogen) atoms. The van der Waals surface area contributed by atoms with E-state index in [-0.39, 0.29) is 11.6 Å². The number of tetrazole rings is 1. The first-order valence-corrected chi connectivity index (χ1v) is 9.39. The van der Waals surface area contributed by atoms with Crippen molar-refractivity contribution in [2.24, 2.45) is 0 Å². The summed E-state index contributed by atoms with van der Waals surface area (Å²) in [7, 11) is 0. The van der Waals surface area contributed by atoms with Crippen LogP contribution in [0.4, 0.5) is 5.69 Å². The Kier molecular flexibility index (Phi) is 5.37. The molecule has 1 fully saturated rings. The molecule has 6 nitrogen and oxygen atoms in total. The van der Waals surface area contributed by atoms with Crippen LogP contribution in [0.25, 0.3) is 0 Å². The minimum Gasteiger partial charge on any atom is -0.369 e. The number of piperazine rings is 1. The summed E-state index contributed by atoms with van der Waals surface area (Å²) in [5.41, 5.74) is 1.25. The van der Waals surface area contributed by atoms with Gasteiger partial charge in [0.2, 0.25) is 0 Å². The maximum atomic E-state index is 4.40. The molecule has 1 aliphatic rings. The Morgan fingerprint density at radius 3 is 2.32 bits per heavy atom. The monoisotopic (exact) mass is 342 g/mol. The van der Waals surface area contributed by atoms with E-state index in [4.69, 9.17) is 0 Å². The summed E-state index contributed by atoms with van der Waals surface area (Å²) >= 11 is 0. The molecule has 1 aromatic heterocycles. The van der Waals surface area contributed by atoms with Crippen LogP contribution in [0.2, 0.25) is 0 Å². The average molecular weight is 342 g/mol. The molecular formula is C19H30N6. The number of benzene rings is 1. The highest BCUT2D eigenvalue weighted by molar-refractivity contribution is 5.46. The number of nitrogens with zero attached hydrogens (tertiary/aromatic N) is 6. The fourth-order valence-electron chi connectivity index (χ4n) is 3.52. The third-order valence-corrected chi connectivity index (χ3v) is 5.49. The van der Waals surface area contributed by atoms with Crippen LogP contribution in [0.3, 0.4) is 0 Å². The third-order valence-electron chi connectivity index (χ3n) is 5.49. The lowest BCUT2D eigenvalue weighted by molar-refractivity contribution is 0.158. The first-order valence-electron chi connectivity index (χ1n) is 9.39. The highest BCUT2D eigenvalue weighted by atomic mass is 15.6. The molecule has 0 unspecified atom stereocenters. The van der Waals surface area contributed by atoms with Crippen molar-refractivity contribution in [2.45, 2.75) is 52.1 Å². The van der Waals surface area contributed by atoms with Gasteiger partial charge in [0.15, 0.2) is 5.82 Å². The fraction of sp³-hybridized carbons (Fsp3) is 0.632. The Morgan fingerprint density at radius 1 is 1.04 bits per heavy atom. The van der Waals surface area contributed by atoms with Gasteiger partial charge in [-0.2, -0.15) is 0 Å². The molecule has 3 rings (SSSR count). The molecule has 1 atom stereocenters. The largest absolute Gasteiger partial charge is 0.369 e. The second-order valence-electron chi connectivity index (χ2n) is 7.40. The van der Waals surface area contributed by atoms with Gasteiger partial charge in [0.25, 0.3) is 0 Å². The molecule has 1 aromatic carbocycles. The molecule has 0 bridgehead atoms. The van der Waals surface area contributed by atoms with Crippen LogP contribution < -0.4 is 4.90 Å². The summed E-state index contributed by atoms with van der Waals surface area (Å²) in [5, 5.41) is 12.7. The first kappa shape index (κ1) is 17.9. The summed E-state index contributed by atoms with van der Waals surface area (Å²) in [5.74, 6) is 1.00. The van der Waals surface area contributed by atoms with Crippen LogP contribution in [-0.4, -0.2) is 51.3 Å². The minimum atomic E-state index is -0.0574. The zero-order valence-electron chi connectivity index (χ0n) is 15.9. The maximum absolute atomic E-state index is 4.40. The van der Waals surface area contributed by atoms with E-state index in [2.05, 4.69) is 83.4 Å². The van der Waals surface area contributed by atoms with Gasteiger partial charge in [-0.3, -0.25) is 4.90 Å². The summed E-state index contributed by atoms with van der Waals surface area (Å²) in [6.07, 6.45) is 2.02. The van der Waals surface area contributed by atoms with E-state index in [1.807, 2.05) is 4.68 Å². The quantitative estimate of drug-likeness (QED) is 0.807. The molecule has 2 aromatic rings. The van der Waals surface area contributed by atoms with Crippen molar-refractivity contribution < 1.29 is 0 Å². The van der Waals surface area contributed by atoms with E-state index in [0.29, 0.717) is 0 Å². The van der Waals surface area contributed by atoms with Crippen molar-refractivity contribution in [1.82, 2.24) is 25.1 Å². The van der Waals surface area contributed by atoms with E-state index in [1.54, 1.807) is 0 Å². The van der Waals surface area contributed by atoms with E-state index < -0.39 is 0 Å². The number of hydrogen-bond acceptors (Lipinski definition) is 5. The molecule has 136 valence electrons. The van der Waals surface area contributed by atoms with Gasteiger partial charge in [-0.05, 0) is 49.2 Å². The molecule has 0 aliphatic carbocycles. The molecule has 0 amide bonds. The number of aromatic nitrogens is 4. The third kappa shape index (κ3) is 3.68. The number of hydrogen-bond donors (Lipinski definition) is 0. The van der Waals surface area contributed by atoms with Gasteiger partial charge in [0.1, 0.15) is 0 Å². The van der Waals surface area contributed by atoms with Crippen molar-refractivity contribution in [3.8, 4) is 0 Å². The predicted molar refractivity (Wildman–Crippen MR) is 101 cm³/mol. The second kappa shape index (κ2) is 7.52. The van der Waals surface area contributed by atoms with Gasteiger partial charge < -0.3 is 4.90 Å². The SMILES string of the molecule is CC[C@H](c1nnnn1C(C)(C)CC)N1CCN(c2ccccc2)CC1. The normalized spacial score (nSPS) is 17.7. The number of para-hydroxylation sites is 1. The fourth-order valence-corrected chi connectivity index (χ4v) is 3.52. The Bertz CT molecular complexity index is 658. The molecule has 2 heterocycles. The van der Waals surface area contributed by atoms with Gasteiger partial charge >= 0.3 is 0 Å². The minimum absolute atomic E-state index is 0.0574. The lowest BCUT2D eigenvalue weighted by Gasteiger charge is -2.40. The van der Waals surface area contributed by atoms with E-state index in [0.717, 1.165) is 44.8 Å². The average Bonchev–Trinajstić information content (AvgIpc) is 3.14. The first-order chi connectivity index (χ1) is 12.1. The predicted octanol–water partition coefficient (Wildman–Crippen LogP) is 3.09. The molecule has 0 spiro atoms. The molecule has 1 aliphatic heterocycles. The van der Waals surface area contributed by atoms with Crippen LogP contribution in [0.5, 0.6) is 0 Å². The molecular weight excluding hydrogens is 312 g/mol. The van der Waals surface area contributed by atoms with Gasteiger partial charge in [-0.1, -0.05) is 32.0 Å². The number of rotatable bonds is 6. The van der Waals surface area contributed by atoms with Crippen molar-refractivity contribution in [3.63, 3.8) is 0 Å². The lowest BCUT2D eigenvalue weighted by Crippen LogP contribution is -2.48. The van der Waals surface area contributed by atoms with E-state index >= 15 is 0 Å². The van der Waals surface area contributed by atoms with Crippen molar-refractivity contribution in [3.05, 3.63) is 36.2 Å². The van der Waals surface area contributed by atoms with Gasteiger partial charge in [-0.25, -0.2) is 4.68 Å². The highest BCUT2D eigenvalue weighted by Gasteiger charge is 2.31. The van der Waals surface area contributed by atoms with Gasteiger partial charge in [0, 0.05) is 31.9 Å². The van der Waals surface area contributed by atoms with Gasteiger partial charge in [-0.15, -0.1) is 5.10 Å². The van der Waals surface area contributed by atoms with Gasteiger partial charge in [0.05, 0.1) is 11.6 Å². The highest BCUT2D eigenvalue weighted by Crippen LogP contribution is 2.29. The molecule has 0 saturated carbocycles. The zero-order valence-corrected chi connectivity index (χ0v) is 15.9. The van der Waals surface area contributed by atoms with E-state index in [1.165, 1.54) is 5.69 Å². The van der Waals surface area contributed by atoms with Crippen LogP contribution in [0, 0.1) is 0 Å². The zero-order chi connectivity index (χ0) is 17.9. The van der Waals surface area contributed by atoms with Crippen molar-refractivity contribution in [1.29, 1.82) is 0 Å². The second-order valence-corrected chi connectivity index (χ2v) is 7.40. The molecule has 0 N–H and O–H groups in total. The van der Waals surface area contributed by atoms with Crippen molar-refractivity contribution >= 4 is 5.69 Å². The summed E-state index contributed by atoms with van der Waals surface area (Å²) in [6, 6.07) is 10.9. The standard InChI is InChI=1S/C19H30N6/c1-5-17(18-20-21-22-25(18)19(3,4)6-2)24-14-12-23(13-15-24)16-10-8-7-9-11-16/h7-11,17H,5-6,12-15H2,1-4H3/t17-/m1/s1. The Morgan fingerprint density at radius 2 is 1.72 bits per heavy atom. The summed E-state index contributed by atoms with van der Waals surface area (Å²) < 4.78 is 2.03. The lowest BCUT2D eigenvalue weighted by atomic mass is 10.0. The Hall–Kier alpha value is -1.95. The number of anilines is 1. The molecule has 0 radical (unpaired) electrons. The van der Waals surface area contributed by atoms with Crippen LogP contribution in [0.1, 0.15) is 52.4 Å². The van der Waals surface area contributed by atoms with Crippen LogP contribution in [0.15, 0.2) is 30.3 Å². The Balaban J connectivity index is 1.73. The molecule has 1 saturated heterocycles. The smallest absolute Gasteiger partial charge is 0.168 e. The Labute approximate surface area is 150 Å². The van der Waals surface area contributed by atoms with Crippen LogP contribution in [-0.2, 0) is 5.54 Å². The summed E-state index contributed by atoms with van der Waals surface area (Å²) in [4.78, 5) is 5.00. The van der Waals surface area contributed by atoms with E-state index in [9.17, 15) is 0 Å². The topological polar surface area (TPSA) is 50.1 Å². The maximum Gasteiger partial charge on any atom is 0.168 e. The van der Waals surface area contributed by atoms with Crippen molar-refractivity contribution in [2.75, 3.05) is 31.1 Å². The molecule has 6 heteroatoms. The summed E-state index contributed by atoms with van der Waals surface area (Å²) in [6.45, 7) is 13.0.